The van der Waals surface area contributed by atoms with Gasteiger partial charge in [-0.2, -0.15) is 0 Å². The zero-order valence-electron chi connectivity index (χ0n) is 14.6. The number of benzene rings is 1. The molecule has 0 bridgehead atoms. The van der Waals surface area contributed by atoms with Crippen LogP contribution in [0, 0.1) is 5.41 Å². The fourth-order valence-electron chi connectivity index (χ4n) is 5.00. The molecule has 4 rings (SSSR count). The number of hydrogen-bond donors (Lipinski definition) is 1. The Morgan fingerprint density at radius 3 is 2.57 bits per heavy atom. The molecule has 126 valence electrons. The summed E-state index contributed by atoms with van der Waals surface area (Å²) in [5.74, 6) is 0. The predicted octanol–water partition coefficient (Wildman–Crippen LogP) is 2.86. The Balaban J connectivity index is 1.35. The van der Waals surface area contributed by atoms with Gasteiger partial charge in [0.1, 0.15) is 0 Å². The molecular formula is C20H31N3. The molecule has 2 unspecified atom stereocenters. The van der Waals surface area contributed by atoms with E-state index in [9.17, 15) is 0 Å². The summed E-state index contributed by atoms with van der Waals surface area (Å²) in [6.07, 6.45) is 5.61. The van der Waals surface area contributed by atoms with E-state index in [1.54, 1.807) is 0 Å². The van der Waals surface area contributed by atoms with Gasteiger partial charge in [-0.15, -0.1) is 0 Å². The van der Waals surface area contributed by atoms with Crippen LogP contribution in [-0.4, -0.2) is 48.6 Å². The highest BCUT2D eigenvalue weighted by atomic mass is 15.2. The molecule has 2 saturated heterocycles. The highest BCUT2D eigenvalue weighted by molar-refractivity contribution is 5.30. The van der Waals surface area contributed by atoms with Crippen LogP contribution in [-0.2, 0) is 13.1 Å². The van der Waals surface area contributed by atoms with Gasteiger partial charge in [0.25, 0.3) is 0 Å². The second kappa shape index (κ2) is 6.54. The number of piperidine rings is 2. The molecule has 0 aromatic heterocycles. The van der Waals surface area contributed by atoms with Gasteiger partial charge in [-0.3, -0.25) is 4.90 Å². The summed E-state index contributed by atoms with van der Waals surface area (Å²) in [5, 5.41) is 3.65. The smallest absolute Gasteiger partial charge is 0.0243 e. The molecule has 0 amide bonds. The van der Waals surface area contributed by atoms with Crippen molar-refractivity contribution in [3.63, 3.8) is 0 Å². The standard InChI is InChI=1S/C20H31N3/c1-17(23-13-18-6-2-3-7-19(18)14-23)12-22-11-5-9-20(16-22)8-4-10-21-15-20/h2-3,6-7,17,21H,4-5,8-16H2,1H3. The van der Waals surface area contributed by atoms with Crippen molar-refractivity contribution in [2.45, 2.75) is 51.7 Å². The number of nitrogens with zero attached hydrogens (tertiary/aromatic N) is 2. The maximum absolute atomic E-state index is 3.65. The Bertz CT molecular complexity index is 505. The Kier molecular flexibility index (Phi) is 4.44. The van der Waals surface area contributed by atoms with Crippen molar-refractivity contribution >= 4 is 0 Å². The lowest BCUT2D eigenvalue weighted by Gasteiger charge is -2.46. The van der Waals surface area contributed by atoms with E-state index in [2.05, 4.69) is 46.3 Å². The van der Waals surface area contributed by atoms with E-state index in [4.69, 9.17) is 0 Å². The Morgan fingerprint density at radius 2 is 1.87 bits per heavy atom. The van der Waals surface area contributed by atoms with Gasteiger partial charge in [-0.25, -0.2) is 0 Å². The first-order valence-corrected chi connectivity index (χ1v) is 9.48. The molecule has 1 aromatic carbocycles. The first-order valence-electron chi connectivity index (χ1n) is 9.48. The molecule has 3 heterocycles. The van der Waals surface area contributed by atoms with E-state index in [-0.39, 0.29) is 0 Å². The summed E-state index contributed by atoms with van der Waals surface area (Å²) in [6, 6.07) is 9.60. The summed E-state index contributed by atoms with van der Waals surface area (Å²) < 4.78 is 0. The van der Waals surface area contributed by atoms with Gasteiger partial charge in [0.05, 0.1) is 0 Å². The minimum absolute atomic E-state index is 0.574. The first-order chi connectivity index (χ1) is 11.2. The minimum atomic E-state index is 0.574. The summed E-state index contributed by atoms with van der Waals surface area (Å²) >= 11 is 0. The molecule has 2 fully saturated rings. The molecule has 23 heavy (non-hydrogen) atoms. The van der Waals surface area contributed by atoms with Crippen molar-refractivity contribution in [3.8, 4) is 0 Å². The van der Waals surface area contributed by atoms with Crippen molar-refractivity contribution in [3.05, 3.63) is 35.4 Å². The molecule has 1 N–H and O–H groups in total. The van der Waals surface area contributed by atoms with Gasteiger partial charge in [-0.1, -0.05) is 24.3 Å². The van der Waals surface area contributed by atoms with Gasteiger partial charge in [-0.05, 0) is 62.2 Å². The van der Waals surface area contributed by atoms with Crippen LogP contribution in [0.5, 0.6) is 0 Å². The van der Waals surface area contributed by atoms with Gasteiger partial charge >= 0.3 is 0 Å². The SMILES string of the molecule is CC(CN1CCCC2(CCCNC2)C1)N1Cc2ccccc2C1. The molecule has 3 heteroatoms. The largest absolute Gasteiger partial charge is 0.316 e. The minimum Gasteiger partial charge on any atom is -0.316 e. The van der Waals surface area contributed by atoms with Crippen LogP contribution in [0.2, 0.25) is 0 Å². The predicted molar refractivity (Wildman–Crippen MR) is 95.4 cm³/mol. The van der Waals surface area contributed by atoms with E-state index >= 15 is 0 Å². The number of rotatable bonds is 3. The average molecular weight is 313 g/mol. The molecule has 3 aliphatic heterocycles. The molecule has 3 nitrogen and oxygen atoms in total. The van der Waals surface area contributed by atoms with Crippen molar-refractivity contribution in [2.24, 2.45) is 5.41 Å². The topological polar surface area (TPSA) is 18.5 Å². The fraction of sp³-hybridized carbons (Fsp3) is 0.700. The number of nitrogens with one attached hydrogen (secondary N) is 1. The second-order valence-electron chi connectivity index (χ2n) is 8.14. The highest BCUT2D eigenvalue weighted by Gasteiger charge is 2.37. The Hall–Kier alpha value is -0.900. The molecule has 0 radical (unpaired) electrons. The van der Waals surface area contributed by atoms with Crippen LogP contribution >= 0.6 is 0 Å². The third kappa shape index (κ3) is 3.33. The second-order valence-corrected chi connectivity index (χ2v) is 8.14. The zero-order chi connectivity index (χ0) is 15.7. The van der Waals surface area contributed by atoms with E-state index in [0.717, 1.165) is 13.1 Å². The lowest BCUT2D eigenvalue weighted by molar-refractivity contribution is 0.0444. The number of fused-ring (bicyclic) bond motifs is 1. The first kappa shape index (κ1) is 15.6. The molecule has 2 atom stereocenters. The molecular weight excluding hydrogens is 282 g/mol. The van der Waals surface area contributed by atoms with E-state index in [1.165, 1.54) is 69.5 Å². The van der Waals surface area contributed by atoms with Crippen LogP contribution in [0.15, 0.2) is 24.3 Å². The van der Waals surface area contributed by atoms with E-state index < -0.39 is 0 Å². The molecule has 3 aliphatic rings. The molecule has 0 saturated carbocycles. The van der Waals surface area contributed by atoms with Crippen molar-refractivity contribution < 1.29 is 0 Å². The van der Waals surface area contributed by atoms with Gasteiger partial charge in [0, 0.05) is 38.8 Å². The summed E-state index contributed by atoms with van der Waals surface area (Å²) in [5.41, 5.74) is 3.64. The maximum Gasteiger partial charge on any atom is 0.0243 e. The summed E-state index contributed by atoms with van der Waals surface area (Å²) in [4.78, 5) is 5.41. The molecule has 1 spiro atoms. The van der Waals surface area contributed by atoms with Crippen LogP contribution < -0.4 is 5.32 Å². The third-order valence-electron chi connectivity index (χ3n) is 6.31. The van der Waals surface area contributed by atoms with E-state index in [1.807, 2.05) is 0 Å². The maximum atomic E-state index is 3.65. The van der Waals surface area contributed by atoms with Gasteiger partial charge in [0.15, 0.2) is 0 Å². The van der Waals surface area contributed by atoms with Crippen molar-refractivity contribution in [1.29, 1.82) is 0 Å². The molecule has 0 aliphatic carbocycles. The zero-order valence-corrected chi connectivity index (χ0v) is 14.6. The number of likely N-dealkylation sites (tertiary alicyclic amines) is 1. The van der Waals surface area contributed by atoms with Crippen LogP contribution in [0.3, 0.4) is 0 Å². The van der Waals surface area contributed by atoms with Gasteiger partial charge in [0.2, 0.25) is 0 Å². The normalized spacial score (nSPS) is 30.5. The molecule has 1 aromatic rings. The Morgan fingerprint density at radius 1 is 1.13 bits per heavy atom. The van der Waals surface area contributed by atoms with Gasteiger partial charge < -0.3 is 10.2 Å². The summed E-state index contributed by atoms with van der Waals surface area (Å²) in [6.45, 7) is 11.0. The quantitative estimate of drug-likeness (QED) is 0.926. The van der Waals surface area contributed by atoms with Crippen LogP contribution in [0.4, 0.5) is 0 Å². The lowest BCUT2D eigenvalue weighted by Crippen LogP contribution is -2.53. The average Bonchev–Trinajstić information content (AvgIpc) is 3.00. The van der Waals surface area contributed by atoms with Crippen molar-refractivity contribution in [1.82, 2.24) is 15.1 Å². The van der Waals surface area contributed by atoms with Crippen molar-refractivity contribution in [2.75, 3.05) is 32.7 Å². The monoisotopic (exact) mass is 313 g/mol. The van der Waals surface area contributed by atoms with Crippen LogP contribution in [0.25, 0.3) is 0 Å². The lowest BCUT2D eigenvalue weighted by atomic mass is 9.74. The van der Waals surface area contributed by atoms with E-state index in [0.29, 0.717) is 11.5 Å². The van der Waals surface area contributed by atoms with Crippen LogP contribution in [0.1, 0.15) is 43.7 Å². The Labute approximate surface area is 141 Å². The summed E-state index contributed by atoms with van der Waals surface area (Å²) in [7, 11) is 0. The fourth-order valence-corrected chi connectivity index (χ4v) is 5.00. The highest BCUT2D eigenvalue weighted by Crippen LogP contribution is 2.36. The number of hydrogen-bond acceptors (Lipinski definition) is 3. The third-order valence-corrected chi connectivity index (χ3v) is 6.31.